The Morgan fingerprint density at radius 1 is 1.31 bits per heavy atom. The van der Waals surface area contributed by atoms with Crippen molar-refractivity contribution in [1.29, 1.82) is 0 Å². The minimum Gasteiger partial charge on any atom is -0.481 e. The SMILES string of the molecule is CC(C(=O)O)C(O)C(C)(O)C(=O)O. The summed E-state index contributed by atoms with van der Waals surface area (Å²) >= 11 is 0. The molecule has 0 aliphatic rings. The van der Waals surface area contributed by atoms with E-state index in [0.29, 0.717) is 0 Å². The van der Waals surface area contributed by atoms with Crippen LogP contribution in [0.2, 0.25) is 0 Å². The van der Waals surface area contributed by atoms with Crippen LogP contribution in [0.5, 0.6) is 0 Å². The van der Waals surface area contributed by atoms with Gasteiger partial charge in [-0.25, -0.2) is 4.79 Å². The van der Waals surface area contributed by atoms with Gasteiger partial charge in [0.25, 0.3) is 0 Å². The lowest BCUT2D eigenvalue weighted by Gasteiger charge is -2.26. The summed E-state index contributed by atoms with van der Waals surface area (Å²) < 4.78 is 0. The van der Waals surface area contributed by atoms with E-state index in [9.17, 15) is 14.7 Å². The second kappa shape index (κ2) is 3.71. The molecule has 76 valence electrons. The Bertz CT molecular complexity index is 221. The number of hydrogen-bond donors (Lipinski definition) is 4. The molecule has 0 aliphatic heterocycles. The molecule has 0 aromatic rings. The molecule has 0 amide bonds. The average Bonchev–Trinajstić information content (AvgIpc) is 2.01. The lowest BCUT2D eigenvalue weighted by molar-refractivity contribution is -0.176. The lowest BCUT2D eigenvalue weighted by atomic mass is 9.89. The number of hydrogen-bond acceptors (Lipinski definition) is 4. The Kier molecular flexibility index (Phi) is 3.39. The zero-order valence-corrected chi connectivity index (χ0v) is 7.26. The number of carboxylic acid groups (broad SMARTS) is 2. The van der Waals surface area contributed by atoms with E-state index in [4.69, 9.17) is 15.3 Å². The van der Waals surface area contributed by atoms with Crippen LogP contribution in [0.1, 0.15) is 13.8 Å². The van der Waals surface area contributed by atoms with Crippen LogP contribution in [0.3, 0.4) is 0 Å². The van der Waals surface area contributed by atoms with E-state index in [0.717, 1.165) is 13.8 Å². The Morgan fingerprint density at radius 3 is 1.92 bits per heavy atom. The van der Waals surface area contributed by atoms with Gasteiger partial charge in [-0.1, -0.05) is 0 Å². The maximum absolute atomic E-state index is 10.4. The van der Waals surface area contributed by atoms with Crippen molar-refractivity contribution in [2.75, 3.05) is 0 Å². The summed E-state index contributed by atoms with van der Waals surface area (Å²) in [5.74, 6) is -4.37. The van der Waals surface area contributed by atoms with Gasteiger partial charge in [-0.05, 0) is 13.8 Å². The van der Waals surface area contributed by atoms with E-state index >= 15 is 0 Å². The molecule has 0 spiro atoms. The summed E-state index contributed by atoms with van der Waals surface area (Å²) in [5.41, 5.74) is -2.45. The number of rotatable bonds is 4. The zero-order chi connectivity index (χ0) is 10.8. The van der Waals surface area contributed by atoms with Crippen LogP contribution in [0, 0.1) is 5.92 Å². The molecule has 0 saturated carbocycles. The van der Waals surface area contributed by atoms with E-state index in [1.165, 1.54) is 0 Å². The quantitative estimate of drug-likeness (QED) is 0.449. The van der Waals surface area contributed by atoms with E-state index in [1.807, 2.05) is 0 Å². The average molecular weight is 192 g/mol. The maximum atomic E-state index is 10.4. The maximum Gasteiger partial charge on any atom is 0.338 e. The van der Waals surface area contributed by atoms with Crippen molar-refractivity contribution in [3.05, 3.63) is 0 Å². The highest BCUT2D eigenvalue weighted by molar-refractivity contribution is 5.79. The highest BCUT2D eigenvalue weighted by atomic mass is 16.4. The minimum absolute atomic E-state index is 0.847. The molecule has 4 N–H and O–H groups in total. The van der Waals surface area contributed by atoms with Crippen LogP contribution in [0.15, 0.2) is 0 Å². The molecule has 0 bridgehead atoms. The number of aliphatic hydroxyl groups is 2. The molecule has 0 aliphatic carbocycles. The van der Waals surface area contributed by atoms with Crippen LogP contribution in [-0.4, -0.2) is 44.1 Å². The molecular formula is C7H12O6. The third-order valence-corrected chi connectivity index (χ3v) is 1.87. The van der Waals surface area contributed by atoms with Gasteiger partial charge in [-0.15, -0.1) is 0 Å². The van der Waals surface area contributed by atoms with Gasteiger partial charge >= 0.3 is 11.9 Å². The minimum atomic E-state index is -2.45. The first kappa shape index (κ1) is 11.9. The Labute approximate surface area is 74.4 Å². The number of carbonyl (C=O) groups is 2. The Morgan fingerprint density at radius 2 is 1.69 bits per heavy atom. The smallest absolute Gasteiger partial charge is 0.338 e. The normalized spacial score (nSPS) is 20.0. The van der Waals surface area contributed by atoms with Gasteiger partial charge in [0.2, 0.25) is 0 Å². The molecule has 3 unspecified atom stereocenters. The molecule has 6 heteroatoms. The summed E-state index contributed by atoms with van der Waals surface area (Å²) in [5, 5.41) is 35.2. The molecule has 3 atom stereocenters. The van der Waals surface area contributed by atoms with Gasteiger partial charge < -0.3 is 20.4 Å². The largest absolute Gasteiger partial charge is 0.481 e. The number of carboxylic acids is 2. The van der Waals surface area contributed by atoms with Crippen molar-refractivity contribution >= 4 is 11.9 Å². The van der Waals surface area contributed by atoms with E-state index in [2.05, 4.69) is 0 Å². The van der Waals surface area contributed by atoms with Gasteiger partial charge in [-0.3, -0.25) is 4.79 Å². The Hall–Kier alpha value is -1.14. The fraction of sp³-hybridized carbons (Fsp3) is 0.714. The fourth-order valence-corrected chi connectivity index (χ4v) is 0.748. The summed E-state index contributed by atoms with van der Waals surface area (Å²) in [6.07, 6.45) is -1.84. The second-order valence-corrected chi connectivity index (χ2v) is 3.02. The van der Waals surface area contributed by atoms with E-state index in [-0.39, 0.29) is 0 Å². The first-order valence-electron chi connectivity index (χ1n) is 3.58. The predicted octanol–water partition coefficient (Wildman–Crippen LogP) is -1.10. The standard InChI is InChI=1S/C7H12O6/c1-3(5(9)10)4(8)7(2,13)6(11)12/h3-4,8,13H,1-2H3,(H,9,10)(H,11,12). The molecule has 0 saturated heterocycles. The zero-order valence-electron chi connectivity index (χ0n) is 7.26. The molecular weight excluding hydrogens is 180 g/mol. The number of aliphatic hydroxyl groups excluding tert-OH is 1. The van der Waals surface area contributed by atoms with Gasteiger partial charge in [0.1, 0.15) is 6.10 Å². The van der Waals surface area contributed by atoms with Crippen LogP contribution in [0.25, 0.3) is 0 Å². The van der Waals surface area contributed by atoms with Crippen LogP contribution < -0.4 is 0 Å². The van der Waals surface area contributed by atoms with E-state index < -0.39 is 29.6 Å². The monoisotopic (exact) mass is 192 g/mol. The summed E-state index contributed by atoms with van der Waals surface area (Å²) in [6, 6.07) is 0. The topological polar surface area (TPSA) is 115 Å². The summed E-state index contributed by atoms with van der Waals surface area (Å²) in [7, 11) is 0. The Balaban J connectivity index is 4.67. The van der Waals surface area contributed by atoms with Crippen molar-refractivity contribution in [3.63, 3.8) is 0 Å². The summed E-state index contributed by atoms with van der Waals surface area (Å²) in [6.45, 7) is 1.96. The lowest BCUT2D eigenvalue weighted by Crippen LogP contribution is -2.51. The number of aliphatic carboxylic acids is 2. The van der Waals surface area contributed by atoms with Crippen molar-refractivity contribution in [2.24, 2.45) is 5.92 Å². The van der Waals surface area contributed by atoms with Crippen LogP contribution in [-0.2, 0) is 9.59 Å². The molecule has 0 aromatic heterocycles. The molecule has 6 nitrogen and oxygen atoms in total. The first-order valence-corrected chi connectivity index (χ1v) is 3.58. The first-order chi connectivity index (χ1) is 5.71. The molecule has 0 radical (unpaired) electrons. The predicted molar refractivity (Wildman–Crippen MR) is 41.1 cm³/mol. The van der Waals surface area contributed by atoms with Gasteiger partial charge in [0.05, 0.1) is 5.92 Å². The van der Waals surface area contributed by atoms with Crippen LogP contribution >= 0.6 is 0 Å². The van der Waals surface area contributed by atoms with E-state index in [1.54, 1.807) is 0 Å². The highest BCUT2D eigenvalue weighted by Gasteiger charge is 2.43. The summed E-state index contributed by atoms with van der Waals surface area (Å²) in [4.78, 5) is 20.7. The van der Waals surface area contributed by atoms with Crippen molar-refractivity contribution in [2.45, 2.75) is 25.6 Å². The van der Waals surface area contributed by atoms with Crippen molar-refractivity contribution < 1.29 is 30.0 Å². The van der Waals surface area contributed by atoms with Gasteiger partial charge in [0, 0.05) is 0 Å². The second-order valence-electron chi connectivity index (χ2n) is 3.02. The van der Waals surface area contributed by atoms with Crippen molar-refractivity contribution in [1.82, 2.24) is 0 Å². The molecule has 0 aromatic carbocycles. The molecule has 0 heterocycles. The highest BCUT2D eigenvalue weighted by Crippen LogP contribution is 2.18. The molecule has 0 rings (SSSR count). The third kappa shape index (κ3) is 2.40. The van der Waals surface area contributed by atoms with Crippen molar-refractivity contribution in [3.8, 4) is 0 Å². The molecule has 0 fully saturated rings. The van der Waals surface area contributed by atoms with Gasteiger partial charge in [-0.2, -0.15) is 0 Å². The van der Waals surface area contributed by atoms with Crippen LogP contribution in [0.4, 0.5) is 0 Å². The van der Waals surface area contributed by atoms with Gasteiger partial charge in [0.15, 0.2) is 5.60 Å². The third-order valence-electron chi connectivity index (χ3n) is 1.87. The molecule has 13 heavy (non-hydrogen) atoms. The fourth-order valence-electron chi connectivity index (χ4n) is 0.748.